The molecule has 3 atom stereocenters. The van der Waals surface area contributed by atoms with E-state index in [0.717, 1.165) is 0 Å². The number of halogens is 4. The first kappa shape index (κ1) is 6.80. The number of hydrogen-bond acceptors (Lipinski definition) is 1. The Morgan fingerprint density at radius 1 is 1.22 bits per heavy atom. The zero-order valence-electron chi connectivity index (χ0n) is 4.40. The summed E-state index contributed by atoms with van der Waals surface area (Å²) < 4.78 is 47.5. The molecule has 1 saturated heterocycles. The molecule has 3 unspecified atom stereocenters. The predicted molar refractivity (Wildman–Crippen MR) is 22.5 cm³/mol. The van der Waals surface area contributed by atoms with Crippen LogP contribution >= 0.6 is 0 Å². The second-order valence-corrected chi connectivity index (χ2v) is 1.92. The number of rotatable bonds is 0. The lowest BCUT2D eigenvalue weighted by atomic mass is 10.3. The monoisotopic (exact) mass is 143 g/mol. The highest BCUT2D eigenvalue weighted by atomic mass is 19.2. The Kier molecular flexibility index (Phi) is 1.61. The molecule has 0 aromatic rings. The van der Waals surface area contributed by atoms with E-state index >= 15 is 0 Å². The van der Waals surface area contributed by atoms with Crippen molar-refractivity contribution in [1.82, 2.24) is 5.12 Å². The summed E-state index contributed by atoms with van der Waals surface area (Å²) in [6.07, 6.45) is -6.76. The SMILES string of the molecule is FC1CN(F)C(F)C1F. The molecule has 1 rings (SSSR count). The van der Waals surface area contributed by atoms with Crippen LogP contribution in [0.15, 0.2) is 0 Å². The van der Waals surface area contributed by atoms with E-state index in [2.05, 4.69) is 0 Å². The lowest BCUT2D eigenvalue weighted by molar-refractivity contribution is -0.0652. The van der Waals surface area contributed by atoms with Gasteiger partial charge in [-0.3, -0.25) is 0 Å². The minimum Gasteiger partial charge on any atom is -0.243 e. The number of nitrogens with zero attached hydrogens (tertiary/aromatic N) is 1. The molecule has 54 valence electrons. The molecule has 1 nitrogen and oxygen atoms in total. The summed E-state index contributed by atoms with van der Waals surface area (Å²) in [5.74, 6) is 0. The topological polar surface area (TPSA) is 3.24 Å². The Hall–Kier alpha value is -0.320. The highest BCUT2D eigenvalue weighted by Crippen LogP contribution is 2.24. The first-order chi connectivity index (χ1) is 4.13. The molecule has 0 aliphatic carbocycles. The molecule has 1 fully saturated rings. The summed E-state index contributed by atoms with van der Waals surface area (Å²) in [5.41, 5.74) is 0. The average molecular weight is 143 g/mol. The Bertz CT molecular complexity index is 96.7. The molecule has 0 amide bonds. The highest BCUT2D eigenvalue weighted by Gasteiger charge is 2.43. The fourth-order valence-corrected chi connectivity index (χ4v) is 0.695. The molecule has 0 radical (unpaired) electrons. The van der Waals surface area contributed by atoms with Crippen LogP contribution in [0.2, 0.25) is 0 Å². The summed E-state index contributed by atoms with van der Waals surface area (Å²) >= 11 is 0. The lowest BCUT2D eigenvalue weighted by Gasteiger charge is -2.04. The van der Waals surface area contributed by atoms with E-state index in [-0.39, 0.29) is 0 Å². The van der Waals surface area contributed by atoms with Gasteiger partial charge in [-0.05, 0) is 0 Å². The van der Waals surface area contributed by atoms with Crippen LogP contribution in [0.3, 0.4) is 0 Å². The third kappa shape index (κ3) is 1.01. The Labute approximate surface area is 49.2 Å². The molecule has 1 aliphatic heterocycles. The number of hydrogen-bond donors (Lipinski definition) is 0. The molecule has 0 aromatic heterocycles. The van der Waals surface area contributed by atoms with Crippen LogP contribution in [0, 0.1) is 0 Å². The van der Waals surface area contributed by atoms with Gasteiger partial charge >= 0.3 is 0 Å². The summed E-state index contributed by atoms with van der Waals surface area (Å²) in [5, 5.41) is -0.477. The van der Waals surface area contributed by atoms with Crippen molar-refractivity contribution in [1.29, 1.82) is 0 Å². The molecule has 9 heavy (non-hydrogen) atoms. The summed E-state index contributed by atoms with van der Waals surface area (Å²) in [4.78, 5) is 0. The van der Waals surface area contributed by atoms with Crippen molar-refractivity contribution in [2.75, 3.05) is 6.54 Å². The van der Waals surface area contributed by atoms with E-state index in [1.54, 1.807) is 0 Å². The maximum atomic E-state index is 11.9. The first-order valence-corrected chi connectivity index (χ1v) is 2.47. The van der Waals surface area contributed by atoms with Crippen LogP contribution in [0.25, 0.3) is 0 Å². The lowest BCUT2D eigenvalue weighted by Crippen LogP contribution is -2.22. The van der Waals surface area contributed by atoms with Crippen LogP contribution in [-0.2, 0) is 0 Å². The first-order valence-electron chi connectivity index (χ1n) is 2.47. The Balaban J connectivity index is 2.54. The van der Waals surface area contributed by atoms with E-state index in [9.17, 15) is 17.7 Å². The molecular weight excluding hydrogens is 138 g/mol. The van der Waals surface area contributed by atoms with Crippen LogP contribution in [-0.4, -0.2) is 30.3 Å². The molecule has 1 aliphatic rings. The second-order valence-electron chi connectivity index (χ2n) is 1.92. The molecule has 0 saturated carbocycles. The van der Waals surface area contributed by atoms with Gasteiger partial charge in [0.25, 0.3) is 0 Å². The van der Waals surface area contributed by atoms with E-state index in [1.807, 2.05) is 0 Å². The van der Waals surface area contributed by atoms with Crippen LogP contribution in [0.4, 0.5) is 17.7 Å². The van der Waals surface area contributed by atoms with E-state index in [1.165, 1.54) is 0 Å². The van der Waals surface area contributed by atoms with Crippen molar-refractivity contribution in [2.24, 2.45) is 0 Å². The summed E-state index contributed by atoms with van der Waals surface area (Å²) in [7, 11) is 0. The molecule has 1 heterocycles. The van der Waals surface area contributed by atoms with Gasteiger partial charge in [0.1, 0.15) is 0 Å². The van der Waals surface area contributed by atoms with Crippen molar-refractivity contribution in [3.8, 4) is 0 Å². The standard InChI is InChI=1S/C4H5F4N/c5-2-1-9(8)4(7)3(2)6/h2-4H,1H2. The predicted octanol–water partition coefficient (Wildman–Crippen LogP) is 1.16. The quantitative estimate of drug-likeness (QED) is 0.279. The van der Waals surface area contributed by atoms with Crippen molar-refractivity contribution in [3.63, 3.8) is 0 Å². The van der Waals surface area contributed by atoms with Gasteiger partial charge in [0.05, 0.1) is 6.54 Å². The van der Waals surface area contributed by atoms with Gasteiger partial charge in [0.15, 0.2) is 12.3 Å². The molecular formula is C4H5F4N. The van der Waals surface area contributed by atoms with Gasteiger partial charge in [0.2, 0.25) is 6.30 Å². The Morgan fingerprint density at radius 3 is 1.89 bits per heavy atom. The maximum absolute atomic E-state index is 11.9. The van der Waals surface area contributed by atoms with E-state index < -0.39 is 30.3 Å². The summed E-state index contributed by atoms with van der Waals surface area (Å²) in [6.45, 7) is -0.803. The highest BCUT2D eigenvalue weighted by molar-refractivity contribution is 4.83. The smallest absolute Gasteiger partial charge is 0.214 e. The zero-order valence-corrected chi connectivity index (χ0v) is 4.40. The van der Waals surface area contributed by atoms with Gasteiger partial charge in [-0.15, -0.1) is 9.60 Å². The van der Waals surface area contributed by atoms with E-state index in [0.29, 0.717) is 0 Å². The fraction of sp³-hybridized carbons (Fsp3) is 1.00. The van der Waals surface area contributed by atoms with E-state index in [4.69, 9.17) is 0 Å². The molecule has 5 heteroatoms. The third-order valence-electron chi connectivity index (χ3n) is 1.22. The van der Waals surface area contributed by atoms with Crippen LogP contribution in [0.1, 0.15) is 0 Å². The van der Waals surface area contributed by atoms with Gasteiger partial charge in [-0.2, -0.15) is 0 Å². The Morgan fingerprint density at radius 2 is 1.78 bits per heavy atom. The molecule has 0 aromatic carbocycles. The minimum atomic E-state index is -2.42. The normalized spacial score (nSPS) is 46.0. The van der Waals surface area contributed by atoms with Crippen LogP contribution in [0.5, 0.6) is 0 Å². The van der Waals surface area contributed by atoms with Crippen LogP contribution < -0.4 is 0 Å². The minimum absolute atomic E-state index is 0.477. The summed E-state index contributed by atoms with van der Waals surface area (Å²) in [6, 6.07) is 0. The third-order valence-corrected chi connectivity index (χ3v) is 1.22. The van der Waals surface area contributed by atoms with Gasteiger partial charge in [-0.1, -0.05) is 0 Å². The average Bonchev–Trinajstić information content (AvgIpc) is 1.98. The van der Waals surface area contributed by atoms with Crippen molar-refractivity contribution in [3.05, 3.63) is 0 Å². The van der Waals surface area contributed by atoms with Gasteiger partial charge in [0, 0.05) is 0 Å². The maximum Gasteiger partial charge on any atom is 0.214 e. The van der Waals surface area contributed by atoms with Gasteiger partial charge in [-0.25, -0.2) is 13.2 Å². The molecule has 0 N–H and O–H groups in total. The van der Waals surface area contributed by atoms with Crippen molar-refractivity contribution in [2.45, 2.75) is 18.6 Å². The molecule has 0 bridgehead atoms. The van der Waals surface area contributed by atoms with Crippen molar-refractivity contribution < 1.29 is 17.7 Å². The largest absolute Gasteiger partial charge is 0.243 e. The second kappa shape index (κ2) is 2.13. The molecule has 0 spiro atoms. The zero-order chi connectivity index (χ0) is 7.02. The van der Waals surface area contributed by atoms with Crippen molar-refractivity contribution >= 4 is 0 Å². The van der Waals surface area contributed by atoms with Gasteiger partial charge < -0.3 is 0 Å². The fourth-order valence-electron chi connectivity index (χ4n) is 0.695. The number of alkyl halides is 3.